The molecule has 1 fully saturated rings. The van der Waals surface area contributed by atoms with E-state index in [-0.39, 0.29) is 25.0 Å². The molecule has 6 heteroatoms. The summed E-state index contributed by atoms with van der Waals surface area (Å²) in [6, 6.07) is 17.5. The van der Waals surface area contributed by atoms with Crippen molar-refractivity contribution in [3.63, 3.8) is 0 Å². The highest BCUT2D eigenvalue weighted by Crippen LogP contribution is 2.18. The zero-order valence-electron chi connectivity index (χ0n) is 13.5. The van der Waals surface area contributed by atoms with E-state index in [1.165, 1.54) is 4.90 Å². The lowest BCUT2D eigenvalue weighted by molar-refractivity contribution is -0.154. The number of hydrogen-bond acceptors (Lipinski definition) is 4. The minimum atomic E-state index is -0.742. The summed E-state index contributed by atoms with van der Waals surface area (Å²) in [5, 5.41) is 11.9. The number of anilines is 1. The molecule has 0 aromatic heterocycles. The van der Waals surface area contributed by atoms with Gasteiger partial charge in [0.25, 0.3) is 0 Å². The summed E-state index contributed by atoms with van der Waals surface area (Å²) in [6.45, 7) is 0.422. The molecule has 3 rings (SSSR count). The van der Waals surface area contributed by atoms with Crippen LogP contribution in [0.3, 0.4) is 0 Å². The van der Waals surface area contributed by atoms with Crippen LogP contribution in [0.15, 0.2) is 54.6 Å². The number of para-hydroxylation sites is 1. The molecule has 1 saturated heterocycles. The van der Waals surface area contributed by atoms with Crippen molar-refractivity contribution in [2.45, 2.75) is 12.6 Å². The number of carbonyl (C=O) groups excluding carboxylic acids is 2. The molecule has 1 N–H and O–H groups in total. The Morgan fingerprint density at radius 2 is 1.92 bits per heavy atom. The molecule has 0 unspecified atom stereocenters. The molecular weight excluding hydrogens is 318 g/mol. The standard InChI is InChI=1S/C19H17N3O3/c20-10-15-8-4-5-9-16(15)21-19(24)17-12-25-13-18(23)22(17)11-14-6-2-1-3-7-14/h1-9,17H,11-13H2,(H,21,24)/t17-/m1/s1. The molecule has 0 spiro atoms. The van der Waals surface area contributed by atoms with E-state index < -0.39 is 6.04 Å². The van der Waals surface area contributed by atoms with Crippen LogP contribution in [0.1, 0.15) is 11.1 Å². The number of ether oxygens (including phenoxy) is 1. The van der Waals surface area contributed by atoms with Gasteiger partial charge in [-0.3, -0.25) is 9.59 Å². The third kappa shape index (κ3) is 3.84. The largest absolute Gasteiger partial charge is 0.369 e. The lowest BCUT2D eigenvalue weighted by atomic mass is 10.1. The number of nitrogens with zero attached hydrogens (tertiary/aromatic N) is 2. The molecular formula is C19H17N3O3. The maximum atomic E-state index is 12.7. The quantitative estimate of drug-likeness (QED) is 0.925. The molecule has 0 aliphatic carbocycles. The highest BCUT2D eigenvalue weighted by Gasteiger charge is 2.34. The van der Waals surface area contributed by atoms with Crippen LogP contribution in [0.2, 0.25) is 0 Å². The van der Waals surface area contributed by atoms with E-state index in [9.17, 15) is 9.59 Å². The van der Waals surface area contributed by atoms with Gasteiger partial charge in [-0.2, -0.15) is 5.26 Å². The topological polar surface area (TPSA) is 82.4 Å². The average molecular weight is 335 g/mol. The van der Waals surface area contributed by atoms with Crippen molar-refractivity contribution >= 4 is 17.5 Å². The van der Waals surface area contributed by atoms with E-state index in [0.717, 1.165) is 5.56 Å². The number of benzene rings is 2. The predicted octanol–water partition coefficient (Wildman–Crippen LogP) is 1.92. The number of nitrogens with one attached hydrogen (secondary N) is 1. The minimum absolute atomic E-state index is 0.0363. The zero-order chi connectivity index (χ0) is 17.6. The lowest BCUT2D eigenvalue weighted by Crippen LogP contribution is -2.54. The SMILES string of the molecule is N#Cc1ccccc1NC(=O)[C@H]1COCC(=O)N1Cc1ccccc1. The molecule has 1 atom stereocenters. The maximum Gasteiger partial charge on any atom is 0.249 e. The van der Waals surface area contributed by atoms with Gasteiger partial charge < -0.3 is 15.0 Å². The molecule has 0 bridgehead atoms. The van der Waals surface area contributed by atoms with Crippen molar-refractivity contribution in [2.75, 3.05) is 18.5 Å². The van der Waals surface area contributed by atoms with Crippen molar-refractivity contribution in [2.24, 2.45) is 0 Å². The Balaban J connectivity index is 1.79. The van der Waals surface area contributed by atoms with Gasteiger partial charge in [-0.25, -0.2) is 0 Å². The summed E-state index contributed by atoms with van der Waals surface area (Å²) in [5.41, 5.74) is 1.73. The molecule has 1 aliphatic rings. The molecule has 2 aromatic carbocycles. The van der Waals surface area contributed by atoms with Crippen LogP contribution in [0.5, 0.6) is 0 Å². The minimum Gasteiger partial charge on any atom is -0.369 e. The highest BCUT2D eigenvalue weighted by atomic mass is 16.5. The summed E-state index contributed by atoms with van der Waals surface area (Å²) >= 11 is 0. The summed E-state index contributed by atoms with van der Waals surface area (Å²) in [5.74, 6) is -0.601. The second-order valence-corrected chi connectivity index (χ2v) is 5.68. The van der Waals surface area contributed by atoms with E-state index >= 15 is 0 Å². The first-order valence-corrected chi connectivity index (χ1v) is 7.90. The maximum absolute atomic E-state index is 12.7. The van der Waals surface area contributed by atoms with Crippen molar-refractivity contribution in [3.05, 3.63) is 65.7 Å². The van der Waals surface area contributed by atoms with E-state index in [1.54, 1.807) is 24.3 Å². The Morgan fingerprint density at radius 1 is 1.20 bits per heavy atom. The Hall–Kier alpha value is -3.17. The third-order valence-corrected chi connectivity index (χ3v) is 4.00. The van der Waals surface area contributed by atoms with E-state index in [2.05, 4.69) is 5.32 Å². The molecule has 1 aliphatic heterocycles. The third-order valence-electron chi connectivity index (χ3n) is 4.00. The van der Waals surface area contributed by atoms with Gasteiger partial charge in [-0.05, 0) is 17.7 Å². The number of carbonyl (C=O) groups is 2. The van der Waals surface area contributed by atoms with Crippen molar-refractivity contribution < 1.29 is 14.3 Å². The first kappa shape index (κ1) is 16.7. The second kappa shape index (κ2) is 7.60. The lowest BCUT2D eigenvalue weighted by Gasteiger charge is -2.34. The zero-order valence-corrected chi connectivity index (χ0v) is 13.5. The van der Waals surface area contributed by atoms with E-state index in [4.69, 9.17) is 10.00 Å². The van der Waals surface area contributed by atoms with Gasteiger partial charge in [0.1, 0.15) is 18.7 Å². The number of morpholine rings is 1. The normalized spacial score (nSPS) is 17.0. The Kier molecular flexibility index (Phi) is 5.07. The molecule has 126 valence electrons. The summed E-state index contributed by atoms with van der Waals surface area (Å²) in [7, 11) is 0. The van der Waals surface area contributed by atoms with Crippen LogP contribution in [-0.4, -0.2) is 36.0 Å². The van der Waals surface area contributed by atoms with Gasteiger partial charge in [0.15, 0.2) is 0 Å². The number of rotatable bonds is 4. The molecule has 1 heterocycles. The van der Waals surface area contributed by atoms with Crippen molar-refractivity contribution in [1.82, 2.24) is 4.90 Å². The second-order valence-electron chi connectivity index (χ2n) is 5.68. The molecule has 2 amide bonds. The van der Waals surface area contributed by atoms with Gasteiger partial charge in [-0.1, -0.05) is 42.5 Å². The monoisotopic (exact) mass is 335 g/mol. The first-order chi connectivity index (χ1) is 12.2. The van der Waals surface area contributed by atoms with Gasteiger partial charge >= 0.3 is 0 Å². The molecule has 25 heavy (non-hydrogen) atoms. The van der Waals surface area contributed by atoms with Crippen LogP contribution in [0.4, 0.5) is 5.69 Å². The van der Waals surface area contributed by atoms with Crippen LogP contribution >= 0.6 is 0 Å². The van der Waals surface area contributed by atoms with Gasteiger partial charge in [0, 0.05) is 6.54 Å². The predicted molar refractivity (Wildman–Crippen MR) is 91.4 cm³/mol. The Morgan fingerprint density at radius 3 is 2.68 bits per heavy atom. The fourth-order valence-electron chi connectivity index (χ4n) is 2.71. The van der Waals surface area contributed by atoms with Gasteiger partial charge in [-0.15, -0.1) is 0 Å². The van der Waals surface area contributed by atoms with Crippen molar-refractivity contribution in [3.8, 4) is 6.07 Å². The summed E-state index contributed by atoms with van der Waals surface area (Å²) in [6.07, 6.45) is 0. The molecule has 0 radical (unpaired) electrons. The fourth-order valence-corrected chi connectivity index (χ4v) is 2.71. The molecule has 2 aromatic rings. The number of nitriles is 1. The molecule has 6 nitrogen and oxygen atoms in total. The van der Waals surface area contributed by atoms with Crippen LogP contribution in [0.25, 0.3) is 0 Å². The Labute approximate surface area is 145 Å². The van der Waals surface area contributed by atoms with Crippen molar-refractivity contribution in [1.29, 1.82) is 5.26 Å². The Bertz CT molecular complexity index is 814. The van der Waals surface area contributed by atoms with E-state index in [1.807, 2.05) is 36.4 Å². The van der Waals surface area contributed by atoms with Crippen LogP contribution in [0, 0.1) is 11.3 Å². The highest BCUT2D eigenvalue weighted by molar-refractivity contribution is 5.98. The first-order valence-electron chi connectivity index (χ1n) is 7.90. The summed E-state index contributed by atoms with van der Waals surface area (Å²) in [4.78, 5) is 26.5. The summed E-state index contributed by atoms with van der Waals surface area (Å²) < 4.78 is 5.26. The van der Waals surface area contributed by atoms with Gasteiger partial charge in [0.05, 0.1) is 17.9 Å². The van der Waals surface area contributed by atoms with Crippen LogP contribution < -0.4 is 5.32 Å². The average Bonchev–Trinajstić information content (AvgIpc) is 2.64. The smallest absolute Gasteiger partial charge is 0.249 e. The van der Waals surface area contributed by atoms with Gasteiger partial charge in [0.2, 0.25) is 11.8 Å². The van der Waals surface area contributed by atoms with E-state index in [0.29, 0.717) is 17.8 Å². The number of amides is 2. The fraction of sp³-hybridized carbons (Fsp3) is 0.211. The molecule has 0 saturated carbocycles. The van der Waals surface area contributed by atoms with Crippen LogP contribution in [-0.2, 0) is 20.9 Å². The number of hydrogen-bond donors (Lipinski definition) is 1.